The van der Waals surface area contributed by atoms with E-state index in [2.05, 4.69) is 104 Å². The van der Waals surface area contributed by atoms with Crippen molar-refractivity contribution in [3.05, 3.63) is 239 Å². The molecule has 0 saturated heterocycles. The molecule has 0 saturated carbocycles. The second-order valence-electron chi connectivity index (χ2n) is 24.2. The third-order valence-corrected chi connectivity index (χ3v) is 22.8. The van der Waals surface area contributed by atoms with Crippen molar-refractivity contribution in [3.8, 4) is 46.0 Å². The van der Waals surface area contributed by atoms with Crippen molar-refractivity contribution in [3.63, 3.8) is 0 Å². The minimum absolute atomic E-state index is 0. The van der Waals surface area contributed by atoms with E-state index in [9.17, 15) is 0 Å². The largest absolute Gasteiger partial charge is 2.00 e. The third kappa shape index (κ3) is 47.6. The Morgan fingerprint density at radius 2 is 0.309 bits per heavy atom. The molecule has 30 heteroatoms. The number of para-hydroxylation sites is 8. The van der Waals surface area contributed by atoms with Gasteiger partial charge in [-0.2, -0.15) is 0 Å². The van der Waals surface area contributed by atoms with Gasteiger partial charge in [0.25, 0.3) is 0 Å². The van der Waals surface area contributed by atoms with Crippen LogP contribution in [0.3, 0.4) is 0 Å². The van der Waals surface area contributed by atoms with Crippen molar-refractivity contribution in [1.29, 1.82) is 0 Å². The van der Waals surface area contributed by atoms with Crippen molar-refractivity contribution in [2.75, 3.05) is 0 Å². The summed E-state index contributed by atoms with van der Waals surface area (Å²) in [4.78, 5) is 0. The average molecular weight is 2040 g/mol. The van der Waals surface area contributed by atoms with E-state index in [-0.39, 0.29) is 54.0 Å². The Bertz CT molecular complexity index is 3230. The first-order valence-corrected chi connectivity index (χ1v) is 53.2. The molecule has 0 fully saturated rings. The van der Waals surface area contributed by atoms with Gasteiger partial charge >= 0.3 is 69.5 Å². The molecule has 0 atom stereocenters. The van der Waals surface area contributed by atoms with Gasteiger partial charge in [0, 0.05) is 0 Å². The van der Waals surface area contributed by atoms with Gasteiger partial charge in [0.1, 0.15) is 46.0 Å². The molecule has 0 N–H and O–H groups in total. The number of rotatable bonds is 40. The van der Waals surface area contributed by atoms with E-state index in [4.69, 9.17) is 143 Å². The summed E-state index contributed by atoms with van der Waals surface area (Å²) in [5.74, 6) is 6.11. The summed E-state index contributed by atoms with van der Waals surface area (Å²) in [7, 11) is 0. The van der Waals surface area contributed by atoms with E-state index in [1.54, 1.807) is 0 Å². The second-order valence-corrected chi connectivity index (χ2v) is 43.6. The standard InChI is InChI=1S/4C20H27O2PS2.3Mo.3O.4S/c4*1-3-5-11-17-13-7-9-15-19(17)21-23(24,25)22-20-16-10-8-14-18(20)12-6-4-2;;;;;;;;;;/h4*7-10,13-16H,3-6,11-12H2,1-2H3,(H,24,25);;;;;;;;;;/q;;;;3*+4;;;;4*-2/p-4. The van der Waals surface area contributed by atoms with E-state index in [0.717, 1.165) is 245 Å². The van der Waals surface area contributed by atoms with Gasteiger partial charge in [-0.05, 0) is 243 Å². The Labute approximate surface area is 764 Å². The van der Waals surface area contributed by atoms with Gasteiger partial charge in [0.15, 0.2) is 22.8 Å². The van der Waals surface area contributed by atoms with Gasteiger partial charge in [-0.1, -0.05) is 252 Å². The van der Waals surface area contributed by atoms with Crippen LogP contribution in [0.5, 0.6) is 46.0 Å². The smallest absolute Gasteiger partial charge is 2.00 e. The summed E-state index contributed by atoms with van der Waals surface area (Å²) in [6, 6.07) is 63.8. The van der Waals surface area contributed by atoms with Crippen LogP contribution in [0.15, 0.2) is 194 Å². The molecule has 0 radical (unpaired) electrons. The summed E-state index contributed by atoms with van der Waals surface area (Å²) in [5.41, 5.74) is -2.19. The molecule has 8 aromatic rings. The quantitative estimate of drug-likeness (QED) is 0.0205. The molecule has 0 aliphatic carbocycles. The number of aryl methyl sites for hydroxylation is 8. The Kier molecular flexibility index (Phi) is 69.8. The molecule has 8 rings (SSSR count). The predicted molar refractivity (Wildman–Crippen MR) is 484 cm³/mol. The van der Waals surface area contributed by atoms with Gasteiger partial charge in [0.05, 0.1) is 0 Å². The monoisotopic (exact) mass is 2040 g/mol. The number of unbranched alkanes of at least 4 members (excludes halogenated alkanes) is 8. The summed E-state index contributed by atoms with van der Waals surface area (Å²) < 4.78 is 72.9. The van der Waals surface area contributed by atoms with Gasteiger partial charge in [-0.15, -0.1) is 0 Å². The van der Waals surface area contributed by atoms with E-state index in [0.29, 0.717) is 59.3 Å². The first-order valence-electron chi connectivity index (χ1n) is 36.2. The van der Waals surface area contributed by atoms with E-state index in [1.807, 2.05) is 146 Å². The zero-order chi connectivity index (χ0) is 78.5. The zero-order valence-electron chi connectivity index (χ0n) is 63.8. The Morgan fingerprint density at radius 1 is 0.218 bits per heavy atom. The molecule has 0 spiro atoms. The molecule has 0 unspecified atom stereocenters. The van der Waals surface area contributed by atoms with Crippen LogP contribution in [0.2, 0.25) is 0 Å². The van der Waals surface area contributed by atoms with E-state index >= 15 is 0 Å². The molecule has 0 aliphatic heterocycles. The van der Waals surface area contributed by atoms with Crippen molar-refractivity contribution in [2.45, 2.75) is 209 Å². The Hall–Kier alpha value is -0.975. The molecule has 0 amide bonds. The first kappa shape index (κ1) is 113. The maximum Gasteiger partial charge on any atom is -2.00 e. The Morgan fingerprint density at radius 3 is 0.400 bits per heavy atom. The number of hydrogen-bond acceptors (Lipinski definition) is 19. The van der Waals surface area contributed by atoms with Crippen molar-refractivity contribution in [1.82, 2.24) is 0 Å². The van der Waals surface area contributed by atoms with Gasteiger partial charge < -0.3 is 139 Å². The molecular weight excluding hydrogens is 1930 g/mol. The Balaban J connectivity index is -0.00000134. The summed E-state index contributed by atoms with van der Waals surface area (Å²) in [6.45, 7) is 17.4. The maximum absolute atomic E-state index is 8.26. The summed E-state index contributed by atoms with van der Waals surface area (Å²) in [6.07, 6.45) is 25.7. The van der Waals surface area contributed by atoms with E-state index in [1.165, 1.54) is 0 Å². The van der Waals surface area contributed by atoms with Crippen LogP contribution in [-0.2, 0) is 271 Å². The summed E-state index contributed by atoms with van der Waals surface area (Å²) >= 11 is 46.4. The molecular formula is C80H104Mo3O11P4S12. The van der Waals surface area contributed by atoms with Crippen LogP contribution in [0.25, 0.3) is 0 Å². The van der Waals surface area contributed by atoms with Crippen molar-refractivity contribution < 1.29 is 106 Å². The fraction of sp³-hybridized carbons (Fsp3) is 0.400. The average Bonchev–Trinajstić information content (AvgIpc) is 0.847. The normalized spacial score (nSPS) is 10.5. The third-order valence-electron chi connectivity index (χ3n) is 15.9. The first-order chi connectivity index (χ1) is 51.2. The maximum atomic E-state index is 8.26. The van der Waals surface area contributed by atoms with Crippen molar-refractivity contribution >= 4 is 173 Å². The van der Waals surface area contributed by atoms with Crippen LogP contribution in [0.1, 0.15) is 203 Å². The molecule has 0 aliphatic rings. The molecule has 0 bridgehead atoms. The number of benzene rings is 8. The van der Waals surface area contributed by atoms with Crippen LogP contribution >= 0.6 is 22.8 Å². The molecule has 600 valence electrons. The molecule has 8 aromatic carbocycles. The molecule has 0 aromatic heterocycles. The molecule has 11 nitrogen and oxygen atoms in total. The predicted octanol–water partition coefficient (Wildman–Crippen LogP) is 26.0. The SMILES string of the molecule is CCCCc1ccccc1OP(=S)([S-])Oc1ccccc1CCCC.CCCCc1ccccc1OP(=S)([S-])Oc1ccccc1CCCC.CCCCc1ccccc1OP(=S)([S-])Oc1ccccc1CCCC.CCCCc1ccccc1OP(=S)([S-])Oc1ccccc1CCCC.[O]=[Mo+4].[O]=[Mo+4].[O]=[Mo+4].[S-2].[S-2].[S-2].[S-2]. The fourth-order valence-electron chi connectivity index (χ4n) is 10.4. The van der Waals surface area contributed by atoms with E-state index < -0.39 is 22.8 Å². The zero-order valence-corrected chi connectivity index (χ0v) is 83.2. The van der Waals surface area contributed by atoms with Gasteiger partial charge in [-0.3, -0.25) is 0 Å². The topological polar surface area (TPSA) is 125 Å². The van der Waals surface area contributed by atoms with Crippen LogP contribution < -0.4 is 36.2 Å². The van der Waals surface area contributed by atoms with Crippen molar-refractivity contribution in [2.24, 2.45) is 0 Å². The van der Waals surface area contributed by atoms with Gasteiger partial charge in [0.2, 0.25) is 0 Å². The summed E-state index contributed by atoms with van der Waals surface area (Å²) in [5, 5.41) is 0. The molecule has 110 heavy (non-hydrogen) atoms. The minimum atomic E-state index is -2.84. The van der Waals surface area contributed by atoms with Crippen LogP contribution in [0, 0.1) is 0 Å². The fourth-order valence-corrected chi connectivity index (χ4v) is 17.7. The van der Waals surface area contributed by atoms with Crippen LogP contribution in [0.4, 0.5) is 0 Å². The second kappa shape index (κ2) is 67.9. The number of hydrogen-bond donors (Lipinski definition) is 0. The van der Waals surface area contributed by atoms with Gasteiger partial charge in [-0.25, -0.2) is 0 Å². The van der Waals surface area contributed by atoms with Crippen LogP contribution in [-0.4, -0.2) is 0 Å². The minimum Gasteiger partial charge on any atom is -2.00 e. The molecule has 0 heterocycles.